The summed E-state index contributed by atoms with van der Waals surface area (Å²) >= 11 is 0. The number of carbonyl (C=O) groups is 2. The van der Waals surface area contributed by atoms with E-state index in [9.17, 15) is 14.7 Å². The second-order valence-electron chi connectivity index (χ2n) is 5.40. The van der Waals surface area contributed by atoms with E-state index in [-0.39, 0.29) is 6.42 Å². The molecule has 0 amide bonds. The summed E-state index contributed by atoms with van der Waals surface area (Å²) in [4.78, 5) is 22.3. The monoisotopic (exact) mass is 263 g/mol. The minimum atomic E-state index is -1.16. The fourth-order valence-corrected chi connectivity index (χ4v) is 1.39. The van der Waals surface area contributed by atoms with Crippen LogP contribution >= 0.6 is 0 Å². The van der Waals surface area contributed by atoms with Crippen molar-refractivity contribution in [3.8, 4) is 0 Å². The van der Waals surface area contributed by atoms with Crippen molar-refractivity contribution in [1.82, 2.24) is 0 Å². The topological polar surface area (TPSA) is 110 Å². The molecule has 7 heteroatoms. The standard InChI is InChI=1S/C11H22N2O5/c1-7(14)10(12)11(17)18-8(5-9(15)16)6-13(2,3)4/h7-8,10,14H,5-6,12H2,1-4H3/p+1/t7-,8?,10+/m1/s1. The molecule has 0 rings (SSSR count). The summed E-state index contributed by atoms with van der Waals surface area (Å²) in [5.74, 6) is -1.84. The molecule has 0 aliphatic carbocycles. The zero-order valence-electron chi connectivity index (χ0n) is 11.3. The molecule has 0 aromatic heterocycles. The predicted octanol–water partition coefficient (Wildman–Crippen LogP) is -1.21. The van der Waals surface area contributed by atoms with Crippen LogP contribution in [0.15, 0.2) is 0 Å². The molecule has 0 saturated carbocycles. The molecule has 4 N–H and O–H groups in total. The third-order valence-corrected chi connectivity index (χ3v) is 2.23. The van der Waals surface area contributed by atoms with Crippen molar-refractivity contribution < 1.29 is 29.0 Å². The molecule has 0 saturated heterocycles. The van der Waals surface area contributed by atoms with Gasteiger partial charge in [-0.2, -0.15) is 0 Å². The molecule has 0 spiro atoms. The summed E-state index contributed by atoms with van der Waals surface area (Å²) in [5, 5.41) is 17.9. The van der Waals surface area contributed by atoms with Crippen LogP contribution in [-0.4, -0.2) is 72.6 Å². The summed E-state index contributed by atoms with van der Waals surface area (Å²) in [6.07, 6.45) is -2.08. The van der Waals surface area contributed by atoms with E-state index in [0.717, 1.165) is 0 Å². The molecule has 0 heterocycles. The highest BCUT2D eigenvalue weighted by molar-refractivity contribution is 5.77. The highest BCUT2D eigenvalue weighted by Crippen LogP contribution is 2.07. The van der Waals surface area contributed by atoms with Crippen LogP contribution in [0.25, 0.3) is 0 Å². The maximum atomic E-state index is 11.6. The number of carboxylic acids is 1. The van der Waals surface area contributed by atoms with Crippen LogP contribution in [-0.2, 0) is 14.3 Å². The zero-order chi connectivity index (χ0) is 14.5. The van der Waals surface area contributed by atoms with Crippen LogP contribution in [0, 0.1) is 0 Å². The van der Waals surface area contributed by atoms with Gasteiger partial charge in [0.1, 0.15) is 12.6 Å². The van der Waals surface area contributed by atoms with Gasteiger partial charge in [0.2, 0.25) is 0 Å². The van der Waals surface area contributed by atoms with Gasteiger partial charge in [-0.1, -0.05) is 0 Å². The lowest BCUT2D eigenvalue weighted by Crippen LogP contribution is -2.47. The number of aliphatic hydroxyl groups is 1. The fraction of sp³-hybridized carbons (Fsp3) is 0.818. The van der Waals surface area contributed by atoms with Gasteiger partial charge in [-0.05, 0) is 6.92 Å². The predicted molar refractivity (Wildman–Crippen MR) is 64.7 cm³/mol. The average molecular weight is 263 g/mol. The van der Waals surface area contributed by atoms with E-state index in [1.54, 1.807) is 0 Å². The number of aliphatic hydroxyl groups excluding tert-OH is 1. The van der Waals surface area contributed by atoms with Crippen LogP contribution in [0.4, 0.5) is 0 Å². The van der Waals surface area contributed by atoms with Gasteiger partial charge in [0.05, 0.1) is 33.7 Å². The zero-order valence-corrected chi connectivity index (χ0v) is 11.3. The molecule has 0 aliphatic heterocycles. The molecule has 18 heavy (non-hydrogen) atoms. The van der Waals surface area contributed by atoms with E-state index >= 15 is 0 Å². The van der Waals surface area contributed by atoms with Crippen LogP contribution in [0.1, 0.15) is 13.3 Å². The van der Waals surface area contributed by atoms with E-state index < -0.39 is 30.2 Å². The number of carboxylic acid groups (broad SMARTS) is 1. The Hall–Kier alpha value is -1.18. The normalized spacial score (nSPS) is 16.8. The van der Waals surface area contributed by atoms with E-state index in [0.29, 0.717) is 11.0 Å². The Balaban J connectivity index is 4.59. The lowest BCUT2D eigenvalue weighted by Gasteiger charge is -2.29. The number of quaternary nitrogens is 1. The summed E-state index contributed by atoms with van der Waals surface area (Å²) in [5.41, 5.74) is 5.43. The van der Waals surface area contributed by atoms with Crippen molar-refractivity contribution >= 4 is 11.9 Å². The molecule has 7 nitrogen and oxygen atoms in total. The smallest absolute Gasteiger partial charge is 0.326 e. The molecule has 0 aromatic rings. The second-order valence-corrected chi connectivity index (χ2v) is 5.40. The van der Waals surface area contributed by atoms with Crippen molar-refractivity contribution in [2.24, 2.45) is 5.73 Å². The first-order valence-corrected chi connectivity index (χ1v) is 5.69. The van der Waals surface area contributed by atoms with Gasteiger partial charge in [0.15, 0.2) is 6.10 Å². The Morgan fingerprint density at radius 1 is 1.33 bits per heavy atom. The molecule has 0 radical (unpaired) electrons. The maximum Gasteiger partial charge on any atom is 0.326 e. The second kappa shape index (κ2) is 6.67. The number of rotatable bonds is 7. The van der Waals surface area contributed by atoms with E-state index in [1.807, 2.05) is 21.1 Å². The SMILES string of the molecule is C[C@@H](O)[C@H](N)C(=O)OC(CC(=O)O)C[N+](C)(C)C. The Morgan fingerprint density at radius 2 is 1.83 bits per heavy atom. The highest BCUT2D eigenvalue weighted by atomic mass is 16.5. The van der Waals surface area contributed by atoms with Crippen molar-refractivity contribution in [1.29, 1.82) is 0 Å². The first-order chi connectivity index (χ1) is 8.03. The number of esters is 1. The van der Waals surface area contributed by atoms with Crippen molar-refractivity contribution in [2.75, 3.05) is 27.7 Å². The highest BCUT2D eigenvalue weighted by Gasteiger charge is 2.28. The fourth-order valence-electron chi connectivity index (χ4n) is 1.39. The minimum Gasteiger partial charge on any atom is -0.481 e. The molecular weight excluding hydrogens is 240 g/mol. The van der Waals surface area contributed by atoms with Gasteiger partial charge < -0.3 is 25.2 Å². The van der Waals surface area contributed by atoms with E-state index in [1.165, 1.54) is 6.92 Å². The quantitative estimate of drug-likeness (QED) is 0.392. The summed E-state index contributed by atoms with van der Waals surface area (Å²) in [6, 6.07) is -1.16. The summed E-state index contributed by atoms with van der Waals surface area (Å²) in [6.45, 7) is 1.72. The number of nitrogens with two attached hydrogens (primary N) is 1. The van der Waals surface area contributed by atoms with Gasteiger partial charge >= 0.3 is 11.9 Å². The van der Waals surface area contributed by atoms with Crippen LogP contribution < -0.4 is 5.73 Å². The Bertz CT molecular complexity index is 298. The minimum absolute atomic E-state index is 0.284. The number of likely N-dealkylation sites (N-methyl/N-ethyl adjacent to an activating group) is 1. The maximum absolute atomic E-state index is 11.6. The third-order valence-electron chi connectivity index (χ3n) is 2.23. The van der Waals surface area contributed by atoms with Gasteiger partial charge in [0.25, 0.3) is 0 Å². The Kier molecular flexibility index (Phi) is 6.23. The third kappa shape index (κ3) is 7.21. The van der Waals surface area contributed by atoms with Crippen LogP contribution in [0.2, 0.25) is 0 Å². The average Bonchev–Trinajstić information content (AvgIpc) is 2.11. The van der Waals surface area contributed by atoms with Gasteiger partial charge in [-0.3, -0.25) is 9.59 Å². The number of hydrogen-bond acceptors (Lipinski definition) is 5. The molecule has 0 aromatic carbocycles. The van der Waals surface area contributed by atoms with Crippen molar-refractivity contribution in [3.05, 3.63) is 0 Å². The number of carbonyl (C=O) groups excluding carboxylic acids is 1. The first kappa shape index (κ1) is 16.8. The molecule has 0 aliphatic rings. The number of hydrogen-bond donors (Lipinski definition) is 3. The molecule has 0 fully saturated rings. The van der Waals surface area contributed by atoms with E-state index in [2.05, 4.69) is 0 Å². The van der Waals surface area contributed by atoms with Crippen molar-refractivity contribution in [3.63, 3.8) is 0 Å². The molecular formula is C11H23N2O5+. The van der Waals surface area contributed by atoms with Crippen LogP contribution in [0.3, 0.4) is 0 Å². The lowest BCUT2D eigenvalue weighted by atomic mass is 10.2. The Labute approximate surface area is 107 Å². The Morgan fingerprint density at radius 3 is 2.17 bits per heavy atom. The van der Waals surface area contributed by atoms with Crippen LogP contribution in [0.5, 0.6) is 0 Å². The van der Waals surface area contributed by atoms with Gasteiger partial charge in [0, 0.05) is 0 Å². The molecule has 106 valence electrons. The summed E-state index contributed by atoms with van der Waals surface area (Å²) in [7, 11) is 5.58. The summed E-state index contributed by atoms with van der Waals surface area (Å²) < 4.78 is 5.49. The molecule has 0 bridgehead atoms. The van der Waals surface area contributed by atoms with Gasteiger partial charge in [-0.25, -0.2) is 0 Å². The number of nitrogens with zero attached hydrogens (tertiary/aromatic N) is 1. The lowest BCUT2D eigenvalue weighted by molar-refractivity contribution is -0.873. The van der Waals surface area contributed by atoms with Crippen molar-refractivity contribution in [2.45, 2.75) is 31.6 Å². The largest absolute Gasteiger partial charge is 0.481 e. The number of aliphatic carboxylic acids is 1. The number of ether oxygens (including phenoxy) is 1. The van der Waals surface area contributed by atoms with Gasteiger partial charge in [-0.15, -0.1) is 0 Å². The first-order valence-electron chi connectivity index (χ1n) is 5.69. The van der Waals surface area contributed by atoms with E-state index in [4.69, 9.17) is 15.6 Å². The molecule has 1 unspecified atom stereocenters. The molecule has 3 atom stereocenters.